The van der Waals surface area contributed by atoms with Gasteiger partial charge in [-0.25, -0.2) is 0 Å². The van der Waals surface area contributed by atoms with E-state index in [2.05, 4.69) is 17.3 Å². The Morgan fingerprint density at radius 1 is 1.53 bits per heavy atom. The lowest BCUT2D eigenvalue weighted by Gasteiger charge is -2.24. The van der Waals surface area contributed by atoms with E-state index in [-0.39, 0.29) is 18.1 Å². The van der Waals surface area contributed by atoms with Crippen molar-refractivity contribution in [2.45, 2.75) is 51.3 Å². The smallest absolute Gasteiger partial charge is 0.322 e. The van der Waals surface area contributed by atoms with Gasteiger partial charge in [0.2, 0.25) is 0 Å². The van der Waals surface area contributed by atoms with Gasteiger partial charge in [-0.15, -0.1) is 0 Å². The summed E-state index contributed by atoms with van der Waals surface area (Å²) in [7, 11) is 3.51. The number of methoxy groups -OCH3 is 1. The SMILES string of the molecule is COC(=O)C(CCN(C)CC1CCCO1)NC(C)C. The minimum atomic E-state index is -0.225. The lowest BCUT2D eigenvalue weighted by Crippen LogP contribution is -2.44. The summed E-state index contributed by atoms with van der Waals surface area (Å²) < 4.78 is 10.4. The van der Waals surface area contributed by atoms with Crippen molar-refractivity contribution < 1.29 is 14.3 Å². The highest BCUT2D eigenvalue weighted by molar-refractivity contribution is 5.75. The normalized spacial score (nSPS) is 21.1. The van der Waals surface area contributed by atoms with Gasteiger partial charge in [0.05, 0.1) is 13.2 Å². The number of esters is 1. The maximum Gasteiger partial charge on any atom is 0.322 e. The molecule has 0 saturated carbocycles. The Morgan fingerprint density at radius 2 is 2.26 bits per heavy atom. The third kappa shape index (κ3) is 6.36. The van der Waals surface area contributed by atoms with Crippen molar-refractivity contribution in [1.29, 1.82) is 0 Å². The topological polar surface area (TPSA) is 50.8 Å². The van der Waals surface area contributed by atoms with Crippen LogP contribution in [0.25, 0.3) is 0 Å². The van der Waals surface area contributed by atoms with E-state index in [1.165, 1.54) is 7.11 Å². The Hall–Kier alpha value is -0.650. The minimum absolute atomic E-state index is 0.181. The zero-order chi connectivity index (χ0) is 14.3. The van der Waals surface area contributed by atoms with Crippen LogP contribution in [0.15, 0.2) is 0 Å². The fourth-order valence-corrected chi connectivity index (χ4v) is 2.39. The van der Waals surface area contributed by atoms with Gasteiger partial charge >= 0.3 is 5.97 Å². The Morgan fingerprint density at radius 3 is 2.79 bits per heavy atom. The molecule has 0 aromatic carbocycles. The van der Waals surface area contributed by atoms with Crippen molar-refractivity contribution in [2.24, 2.45) is 0 Å². The summed E-state index contributed by atoms with van der Waals surface area (Å²) in [4.78, 5) is 13.9. The van der Waals surface area contributed by atoms with Crippen molar-refractivity contribution in [1.82, 2.24) is 10.2 Å². The summed E-state index contributed by atoms with van der Waals surface area (Å²) in [6.45, 7) is 6.76. The number of carbonyl (C=O) groups excluding carboxylic acids is 1. The van der Waals surface area contributed by atoms with Gasteiger partial charge in [0.25, 0.3) is 0 Å². The van der Waals surface area contributed by atoms with Crippen LogP contribution in [0.4, 0.5) is 0 Å². The van der Waals surface area contributed by atoms with E-state index in [9.17, 15) is 4.79 Å². The van der Waals surface area contributed by atoms with Crippen molar-refractivity contribution in [3.05, 3.63) is 0 Å². The Kier molecular flexibility index (Phi) is 7.34. The fourth-order valence-electron chi connectivity index (χ4n) is 2.39. The average Bonchev–Trinajstić information content (AvgIpc) is 2.85. The molecule has 1 saturated heterocycles. The number of hydrogen-bond donors (Lipinski definition) is 1. The van der Waals surface area contributed by atoms with E-state index < -0.39 is 0 Å². The predicted molar refractivity (Wildman–Crippen MR) is 75.2 cm³/mol. The molecule has 5 heteroatoms. The van der Waals surface area contributed by atoms with Crippen LogP contribution in [0.2, 0.25) is 0 Å². The second-order valence-corrected chi connectivity index (χ2v) is 5.58. The number of carbonyl (C=O) groups is 1. The highest BCUT2D eigenvalue weighted by Gasteiger charge is 2.22. The first-order chi connectivity index (χ1) is 9.02. The summed E-state index contributed by atoms with van der Waals surface area (Å²) in [5, 5.41) is 3.25. The van der Waals surface area contributed by atoms with Crippen LogP contribution in [0.3, 0.4) is 0 Å². The van der Waals surface area contributed by atoms with Crippen LogP contribution in [0.5, 0.6) is 0 Å². The molecule has 1 heterocycles. The van der Waals surface area contributed by atoms with Gasteiger partial charge in [-0.2, -0.15) is 0 Å². The number of rotatable bonds is 8. The molecule has 1 N–H and O–H groups in total. The van der Waals surface area contributed by atoms with E-state index >= 15 is 0 Å². The molecule has 112 valence electrons. The monoisotopic (exact) mass is 272 g/mol. The lowest BCUT2D eigenvalue weighted by molar-refractivity contribution is -0.143. The third-order valence-electron chi connectivity index (χ3n) is 3.36. The van der Waals surface area contributed by atoms with Gasteiger partial charge in [-0.1, -0.05) is 13.8 Å². The third-order valence-corrected chi connectivity index (χ3v) is 3.36. The molecule has 1 rings (SSSR count). The Bertz CT molecular complexity index is 265. The molecule has 0 radical (unpaired) electrons. The average molecular weight is 272 g/mol. The van der Waals surface area contributed by atoms with Crippen LogP contribution >= 0.6 is 0 Å². The van der Waals surface area contributed by atoms with E-state index in [1.807, 2.05) is 13.8 Å². The maximum absolute atomic E-state index is 11.7. The molecule has 2 unspecified atom stereocenters. The zero-order valence-electron chi connectivity index (χ0n) is 12.6. The van der Waals surface area contributed by atoms with Crippen molar-refractivity contribution >= 4 is 5.97 Å². The number of nitrogens with one attached hydrogen (secondary N) is 1. The summed E-state index contributed by atoms with van der Waals surface area (Å²) >= 11 is 0. The van der Waals surface area contributed by atoms with Crippen LogP contribution in [-0.4, -0.2) is 62.9 Å². The van der Waals surface area contributed by atoms with Gasteiger partial charge < -0.3 is 19.7 Å². The summed E-state index contributed by atoms with van der Waals surface area (Å²) in [6.07, 6.45) is 3.43. The standard InChI is InChI=1S/C14H28N2O3/c1-11(2)15-13(14(17)18-4)7-8-16(3)10-12-6-5-9-19-12/h11-13,15H,5-10H2,1-4H3. The molecule has 0 aromatic rings. The quantitative estimate of drug-likeness (QED) is 0.669. The highest BCUT2D eigenvalue weighted by Crippen LogP contribution is 2.13. The van der Waals surface area contributed by atoms with Crippen molar-refractivity contribution in [3.8, 4) is 0 Å². The van der Waals surface area contributed by atoms with Gasteiger partial charge in [0, 0.05) is 19.2 Å². The molecular formula is C14H28N2O3. The molecule has 1 aliphatic rings. The van der Waals surface area contributed by atoms with Gasteiger partial charge in [-0.3, -0.25) is 4.79 Å². The zero-order valence-corrected chi connectivity index (χ0v) is 12.6. The maximum atomic E-state index is 11.7. The van der Waals surface area contributed by atoms with Crippen LogP contribution in [0.1, 0.15) is 33.1 Å². The molecular weight excluding hydrogens is 244 g/mol. The molecule has 0 aliphatic carbocycles. The molecule has 0 spiro atoms. The number of hydrogen-bond acceptors (Lipinski definition) is 5. The highest BCUT2D eigenvalue weighted by atomic mass is 16.5. The number of nitrogens with zero attached hydrogens (tertiary/aromatic N) is 1. The fraction of sp³-hybridized carbons (Fsp3) is 0.929. The first kappa shape index (κ1) is 16.4. The molecule has 19 heavy (non-hydrogen) atoms. The molecule has 0 aromatic heterocycles. The summed E-state index contributed by atoms with van der Waals surface area (Å²) in [5.74, 6) is -0.181. The van der Waals surface area contributed by atoms with E-state index in [0.29, 0.717) is 6.10 Å². The Labute approximate surface area is 116 Å². The molecule has 0 bridgehead atoms. The van der Waals surface area contributed by atoms with E-state index in [0.717, 1.165) is 39.0 Å². The minimum Gasteiger partial charge on any atom is -0.468 e. The largest absolute Gasteiger partial charge is 0.468 e. The molecule has 1 aliphatic heterocycles. The molecule has 5 nitrogen and oxygen atoms in total. The lowest BCUT2D eigenvalue weighted by atomic mass is 10.1. The second-order valence-electron chi connectivity index (χ2n) is 5.58. The van der Waals surface area contributed by atoms with E-state index in [1.54, 1.807) is 0 Å². The van der Waals surface area contributed by atoms with Gasteiger partial charge in [0.15, 0.2) is 0 Å². The number of ether oxygens (including phenoxy) is 2. The molecule has 1 fully saturated rings. The first-order valence-corrected chi connectivity index (χ1v) is 7.17. The van der Waals surface area contributed by atoms with Crippen molar-refractivity contribution in [3.63, 3.8) is 0 Å². The molecule has 2 atom stereocenters. The van der Waals surface area contributed by atoms with E-state index in [4.69, 9.17) is 9.47 Å². The van der Waals surface area contributed by atoms with Crippen LogP contribution in [0, 0.1) is 0 Å². The van der Waals surface area contributed by atoms with Crippen LogP contribution in [-0.2, 0) is 14.3 Å². The van der Waals surface area contributed by atoms with Crippen LogP contribution < -0.4 is 5.32 Å². The summed E-state index contributed by atoms with van der Waals surface area (Å²) in [6, 6.07) is 0.0458. The number of likely N-dealkylation sites (N-methyl/N-ethyl adjacent to an activating group) is 1. The van der Waals surface area contributed by atoms with Crippen molar-refractivity contribution in [2.75, 3.05) is 33.9 Å². The summed E-state index contributed by atoms with van der Waals surface area (Å²) in [5.41, 5.74) is 0. The predicted octanol–water partition coefficient (Wildman–Crippen LogP) is 1.03. The second kappa shape index (κ2) is 8.51. The van der Waals surface area contributed by atoms with Gasteiger partial charge in [0.1, 0.15) is 6.04 Å². The van der Waals surface area contributed by atoms with Gasteiger partial charge in [-0.05, 0) is 32.9 Å². The first-order valence-electron chi connectivity index (χ1n) is 7.17. The molecule has 0 amide bonds. The Balaban J connectivity index is 2.30.